The highest BCUT2D eigenvalue weighted by Gasteiger charge is 2.21. The van der Waals surface area contributed by atoms with Crippen molar-refractivity contribution in [2.45, 2.75) is 13.8 Å². The third kappa shape index (κ3) is 5.71. The second kappa shape index (κ2) is 10.5. The minimum atomic E-state index is -0.858. The number of ether oxygens (including phenoxy) is 2. The lowest BCUT2D eigenvalue weighted by Crippen LogP contribution is -2.42. The Labute approximate surface area is 141 Å². The SMILES string of the molecule is CCOc1ccc(NC(=O)C(=O)N(CCO)CCO)cc1OCC. The summed E-state index contributed by atoms with van der Waals surface area (Å²) in [6.45, 7) is 3.93. The van der Waals surface area contributed by atoms with Crippen molar-refractivity contribution in [2.24, 2.45) is 0 Å². The van der Waals surface area contributed by atoms with Crippen LogP contribution in [0, 0.1) is 0 Å². The molecule has 0 spiro atoms. The number of carbonyl (C=O) groups is 2. The van der Waals surface area contributed by atoms with Gasteiger partial charge >= 0.3 is 11.8 Å². The number of carbonyl (C=O) groups excluding carboxylic acids is 2. The summed E-state index contributed by atoms with van der Waals surface area (Å²) in [5.41, 5.74) is 0.383. The monoisotopic (exact) mass is 340 g/mol. The summed E-state index contributed by atoms with van der Waals surface area (Å²) in [6, 6.07) is 4.82. The molecule has 0 heterocycles. The first-order chi connectivity index (χ1) is 11.6. The Balaban J connectivity index is 2.85. The summed E-state index contributed by atoms with van der Waals surface area (Å²) < 4.78 is 10.9. The zero-order valence-corrected chi connectivity index (χ0v) is 13.9. The van der Waals surface area contributed by atoms with Gasteiger partial charge in [-0.05, 0) is 26.0 Å². The molecule has 0 aliphatic heterocycles. The maximum absolute atomic E-state index is 12.0. The molecule has 0 aromatic heterocycles. The van der Waals surface area contributed by atoms with Crippen LogP contribution in [-0.2, 0) is 9.59 Å². The molecule has 24 heavy (non-hydrogen) atoms. The molecule has 8 heteroatoms. The quantitative estimate of drug-likeness (QED) is 0.556. The average Bonchev–Trinajstić information content (AvgIpc) is 2.56. The van der Waals surface area contributed by atoms with Crippen LogP contribution >= 0.6 is 0 Å². The van der Waals surface area contributed by atoms with Gasteiger partial charge in [0.1, 0.15) is 0 Å². The van der Waals surface area contributed by atoms with Crippen LogP contribution in [0.15, 0.2) is 18.2 Å². The fourth-order valence-electron chi connectivity index (χ4n) is 2.01. The van der Waals surface area contributed by atoms with Gasteiger partial charge in [-0.3, -0.25) is 9.59 Å². The third-order valence-electron chi connectivity index (χ3n) is 3.02. The summed E-state index contributed by atoms with van der Waals surface area (Å²) in [4.78, 5) is 25.2. The molecule has 3 N–H and O–H groups in total. The minimum Gasteiger partial charge on any atom is -0.490 e. The fraction of sp³-hybridized carbons (Fsp3) is 0.500. The molecule has 0 saturated heterocycles. The lowest BCUT2D eigenvalue weighted by molar-refractivity contribution is -0.143. The van der Waals surface area contributed by atoms with Crippen molar-refractivity contribution in [1.29, 1.82) is 0 Å². The molecule has 0 saturated carbocycles. The average molecular weight is 340 g/mol. The number of hydrogen-bond acceptors (Lipinski definition) is 6. The van der Waals surface area contributed by atoms with Crippen molar-refractivity contribution >= 4 is 17.5 Å². The Morgan fingerprint density at radius 2 is 1.62 bits per heavy atom. The van der Waals surface area contributed by atoms with Crippen LogP contribution in [0.2, 0.25) is 0 Å². The van der Waals surface area contributed by atoms with E-state index < -0.39 is 11.8 Å². The zero-order chi connectivity index (χ0) is 17.9. The molecular weight excluding hydrogens is 316 g/mol. The van der Waals surface area contributed by atoms with Crippen LogP contribution in [0.4, 0.5) is 5.69 Å². The van der Waals surface area contributed by atoms with Crippen molar-refractivity contribution in [1.82, 2.24) is 4.90 Å². The first kappa shape index (κ1) is 19.7. The van der Waals surface area contributed by atoms with Crippen molar-refractivity contribution in [3.63, 3.8) is 0 Å². The molecule has 0 unspecified atom stereocenters. The molecule has 0 fully saturated rings. The van der Waals surface area contributed by atoms with Crippen molar-refractivity contribution in [3.8, 4) is 11.5 Å². The fourth-order valence-corrected chi connectivity index (χ4v) is 2.01. The molecule has 0 radical (unpaired) electrons. The van der Waals surface area contributed by atoms with Crippen LogP contribution in [0.3, 0.4) is 0 Å². The number of aliphatic hydroxyl groups excluding tert-OH is 2. The highest BCUT2D eigenvalue weighted by molar-refractivity contribution is 6.39. The first-order valence-corrected chi connectivity index (χ1v) is 7.78. The van der Waals surface area contributed by atoms with Crippen molar-refractivity contribution in [2.75, 3.05) is 44.8 Å². The second-order valence-corrected chi connectivity index (χ2v) is 4.72. The summed E-state index contributed by atoms with van der Waals surface area (Å²) in [5.74, 6) is -0.675. The van der Waals surface area contributed by atoms with E-state index in [1.165, 1.54) is 0 Å². The Hall–Kier alpha value is -2.32. The molecule has 0 aliphatic rings. The molecular formula is C16H24N2O6. The Morgan fingerprint density at radius 1 is 1.04 bits per heavy atom. The Kier molecular flexibility index (Phi) is 8.59. The smallest absolute Gasteiger partial charge is 0.313 e. The third-order valence-corrected chi connectivity index (χ3v) is 3.02. The van der Waals surface area contributed by atoms with Crippen LogP contribution in [0.25, 0.3) is 0 Å². The minimum absolute atomic E-state index is 0.0275. The summed E-state index contributed by atoms with van der Waals surface area (Å²) >= 11 is 0. The van der Waals surface area contributed by atoms with Gasteiger partial charge in [-0.2, -0.15) is 0 Å². The number of aliphatic hydroxyl groups is 2. The highest BCUT2D eigenvalue weighted by atomic mass is 16.5. The summed E-state index contributed by atoms with van der Waals surface area (Å²) in [7, 11) is 0. The largest absolute Gasteiger partial charge is 0.490 e. The van der Waals surface area contributed by atoms with Gasteiger partial charge in [0.05, 0.1) is 26.4 Å². The predicted molar refractivity (Wildman–Crippen MR) is 88.2 cm³/mol. The molecule has 134 valence electrons. The molecule has 0 atom stereocenters. The normalized spacial score (nSPS) is 10.2. The summed E-state index contributed by atoms with van der Waals surface area (Å²) in [6.07, 6.45) is 0. The van der Waals surface area contributed by atoms with E-state index in [4.69, 9.17) is 19.7 Å². The van der Waals surface area contributed by atoms with E-state index in [9.17, 15) is 9.59 Å². The van der Waals surface area contributed by atoms with E-state index >= 15 is 0 Å². The first-order valence-electron chi connectivity index (χ1n) is 7.78. The Morgan fingerprint density at radius 3 is 2.17 bits per heavy atom. The Bertz CT molecular complexity index is 543. The molecule has 0 aliphatic carbocycles. The summed E-state index contributed by atoms with van der Waals surface area (Å²) in [5, 5.41) is 20.3. The van der Waals surface area contributed by atoms with E-state index in [0.29, 0.717) is 30.4 Å². The standard InChI is InChI=1S/C16H24N2O6/c1-3-23-13-6-5-12(11-14(13)24-4-2)17-15(21)16(22)18(7-9-19)8-10-20/h5-6,11,19-20H,3-4,7-10H2,1-2H3,(H,17,21). The maximum Gasteiger partial charge on any atom is 0.313 e. The highest BCUT2D eigenvalue weighted by Crippen LogP contribution is 2.30. The molecule has 8 nitrogen and oxygen atoms in total. The lowest BCUT2D eigenvalue weighted by atomic mass is 10.2. The number of anilines is 1. The van der Waals surface area contributed by atoms with E-state index in [-0.39, 0.29) is 26.3 Å². The molecule has 2 amide bonds. The van der Waals surface area contributed by atoms with Gasteiger partial charge in [0.25, 0.3) is 0 Å². The van der Waals surface area contributed by atoms with Gasteiger partial charge in [0.15, 0.2) is 11.5 Å². The molecule has 1 rings (SSSR count). The van der Waals surface area contributed by atoms with Gasteiger partial charge in [-0.25, -0.2) is 0 Å². The van der Waals surface area contributed by atoms with Crippen molar-refractivity contribution in [3.05, 3.63) is 18.2 Å². The van der Waals surface area contributed by atoms with Crippen LogP contribution in [-0.4, -0.2) is 66.4 Å². The van der Waals surface area contributed by atoms with Gasteiger partial charge in [-0.15, -0.1) is 0 Å². The van der Waals surface area contributed by atoms with E-state index in [0.717, 1.165) is 4.90 Å². The van der Waals surface area contributed by atoms with Gasteiger partial charge in [0.2, 0.25) is 0 Å². The molecule has 0 bridgehead atoms. The lowest BCUT2D eigenvalue weighted by Gasteiger charge is -2.20. The number of nitrogens with one attached hydrogen (secondary N) is 1. The van der Waals surface area contributed by atoms with Crippen LogP contribution in [0.1, 0.15) is 13.8 Å². The maximum atomic E-state index is 12.0. The topological polar surface area (TPSA) is 108 Å². The van der Waals surface area contributed by atoms with E-state index in [2.05, 4.69) is 5.32 Å². The second-order valence-electron chi connectivity index (χ2n) is 4.72. The van der Waals surface area contributed by atoms with Crippen LogP contribution in [0.5, 0.6) is 11.5 Å². The van der Waals surface area contributed by atoms with Gasteiger partial charge in [0, 0.05) is 24.8 Å². The molecule has 1 aromatic carbocycles. The van der Waals surface area contributed by atoms with E-state index in [1.807, 2.05) is 13.8 Å². The van der Waals surface area contributed by atoms with Crippen molar-refractivity contribution < 1.29 is 29.3 Å². The van der Waals surface area contributed by atoms with Gasteiger partial charge in [-0.1, -0.05) is 0 Å². The number of amides is 2. The predicted octanol–water partition coefficient (Wildman–Crippen LogP) is 0.236. The number of rotatable bonds is 9. The zero-order valence-electron chi connectivity index (χ0n) is 13.9. The number of benzene rings is 1. The number of nitrogens with zero attached hydrogens (tertiary/aromatic N) is 1. The van der Waals surface area contributed by atoms with Crippen LogP contribution < -0.4 is 14.8 Å². The van der Waals surface area contributed by atoms with Gasteiger partial charge < -0.3 is 29.9 Å². The number of hydrogen-bond donors (Lipinski definition) is 3. The van der Waals surface area contributed by atoms with E-state index in [1.54, 1.807) is 18.2 Å². The molecule has 1 aromatic rings.